The summed E-state index contributed by atoms with van der Waals surface area (Å²) in [5, 5.41) is 92.5. The van der Waals surface area contributed by atoms with Crippen LogP contribution in [-0.2, 0) is 19.2 Å². The van der Waals surface area contributed by atoms with Gasteiger partial charge in [-0.1, -0.05) is 109 Å². The summed E-state index contributed by atoms with van der Waals surface area (Å²) in [7, 11) is 15.5. The Morgan fingerprint density at radius 3 is 0.711 bits per heavy atom. The third-order valence-electron chi connectivity index (χ3n) is 8.09. The topological polar surface area (TPSA) is 384 Å². The molecule has 6 aromatic rings. The zero-order valence-corrected chi connectivity index (χ0v) is 53.4. The molecule has 83 heavy (non-hydrogen) atoms. The van der Waals surface area contributed by atoms with Gasteiger partial charge >= 0.3 is 55.4 Å². The number of aliphatic hydroxyl groups excluding tert-OH is 2. The molecule has 436 valence electrons. The normalized spacial score (nSPS) is 9.01. The molecule has 7 amide bonds. The number of aliphatic hydroxyl groups is 2. The first kappa shape index (κ1) is 83.0. The van der Waals surface area contributed by atoms with Crippen molar-refractivity contribution < 1.29 is 110 Å². The first-order chi connectivity index (χ1) is 38.6. The molecule has 0 aromatic heterocycles. The summed E-state index contributed by atoms with van der Waals surface area (Å²) < 4.78 is 0. The van der Waals surface area contributed by atoms with E-state index >= 15 is 0 Å². The number of rotatable bonds is 13. The smallest absolute Gasteiger partial charge is 0.873 e. The monoisotopic (exact) mass is 1330 g/mol. The van der Waals surface area contributed by atoms with Gasteiger partial charge in [-0.25, -0.2) is 16.3 Å². The maximum absolute atomic E-state index is 11.6. The summed E-state index contributed by atoms with van der Waals surface area (Å²) in [4.78, 5) is 78.4. The van der Waals surface area contributed by atoms with Gasteiger partial charge in [0.25, 0.3) is 17.7 Å². The summed E-state index contributed by atoms with van der Waals surface area (Å²) in [6.45, 7) is 0. The van der Waals surface area contributed by atoms with Gasteiger partial charge in [0.15, 0.2) is 0 Å². The number of carbonyl (C=O) groups is 7. The fraction of sp³-hybridized carbons (Fsp3) is 0.179. The molecule has 0 heterocycles. The van der Waals surface area contributed by atoms with E-state index in [9.17, 15) is 64.2 Å². The van der Waals surface area contributed by atoms with E-state index in [0.717, 1.165) is 58.5 Å². The Labute approximate surface area is 523 Å². The van der Waals surface area contributed by atoms with Crippen molar-refractivity contribution in [2.24, 2.45) is 15.3 Å². The first-order valence-electron chi connectivity index (χ1n) is 23.1. The average molecular weight is 1330 g/mol. The van der Waals surface area contributed by atoms with Crippen molar-refractivity contribution in [3.63, 3.8) is 0 Å². The molecule has 0 saturated carbocycles. The molecule has 5 N–H and O–H groups in total. The Balaban J connectivity index is -0.000000304. The number of amides is 7. The molecular formula is C56H66GaLaN10O15. The van der Waals surface area contributed by atoms with E-state index in [0.29, 0.717) is 16.7 Å². The molecule has 0 unspecified atom stereocenters. The number of hydrogen-bond acceptors (Lipinski definition) is 18. The number of nitrogens with one attached hydrogen (secondary N) is 3. The number of hydrazone groups is 3. The summed E-state index contributed by atoms with van der Waals surface area (Å²) in [6, 6.07) is 37.9. The van der Waals surface area contributed by atoms with Crippen molar-refractivity contribution in [3.05, 3.63) is 179 Å². The summed E-state index contributed by atoms with van der Waals surface area (Å²) in [5.74, 6) is -4.87. The molecule has 6 aromatic carbocycles. The maximum Gasteiger partial charge on any atom is 3.00 e. The Kier molecular flexibility index (Phi) is 52.5. The van der Waals surface area contributed by atoms with E-state index in [1.807, 2.05) is 0 Å². The molecule has 0 saturated heterocycles. The van der Waals surface area contributed by atoms with Crippen molar-refractivity contribution in [3.8, 4) is 34.5 Å². The van der Waals surface area contributed by atoms with Crippen LogP contribution >= 0.6 is 0 Å². The van der Waals surface area contributed by atoms with Crippen molar-refractivity contribution in [1.82, 2.24) is 35.9 Å². The van der Waals surface area contributed by atoms with Crippen LogP contribution in [0.5, 0.6) is 34.5 Å². The predicted molar refractivity (Wildman–Crippen MR) is 302 cm³/mol. The Morgan fingerprint density at radius 1 is 0.361 bits per heavy atom. The molecule has 27 heteroatoms. The predicted octanol–water partition coefficient (Wildman–Crippen LogP) is -0.553. The van der Waals surface area contributed by atoms with Gasteiger partial charge < -0.3 is 60.5 Å². The molecule has 0 bridgehead atoms. The Bertz CT molecular complexity index is 2510. The van der Waals surface area contributed by atoms with Gasteiger partial charge in [0.05, 0.1) is 18.6 Å². The molecule has 0 spiro atoms. The summed E-state index contributed by atoms with van der Waals surface area (Å²) >= 11 is 0. The molecule has 0 aliphatic heterocycles. The number of hydrogen-bond donors (Lipinski definition) is 5. The van der Waals surface area contributed by atoms with Crippen LogP contribution in [0.15, 0.2) is 161 Å². The van der Waals surface area contributed by atoms with Crippen LogP contribution in [0.3, 0.4) is 0 Å². The third kappa shape index (κ3) is 40.9. The average Bonchev–Trinajstić information content (AvgIpc) is 3.50. The van der Waals surface area contributed by atoms with E-state index in [2.05, 4.69) is 31.6 Å². The van der Waals surface area contributed by atoms with Gasteiger partial charge in [-0.3, -0.25) is 33.6 Å². The minimum Gasteiger partial charge on any atom is -0.873 e. The van der Waals surface area contributed by atoms with E-state index in [4.69, 9.17) is 10.2 Å². The van der Waals surface area contributed by atoms with Crippen LogP contribution in [0.4, 0.5) is 0 Å². The molecule has 0 radical (unpaired) electrons. The fourth-order valence-corrected chi connectivity index (χ4v) is 4.35. The molecule has 0 aliphatic carbocycles. The minimum absolute atomic E-state index is 0. The van der Waals surface area contributed by atoms with Crippen molar-refractivity contribution in [2.75, 3.05) is 70.6 Å². The summed E-state index contributed by atoms with van der Waals surface area (Å²) in [5.41, 5.74) is 8.64. The maximum atomic E-state index is 11.6. The zero-order chi connectivity index (χ0) is 62.1. The van der Waals surface area contributed by atoms with Crippen LogP contribution in [0.2, 0.25) is 0 Å². The number of nitrogens with zero attached hydrogens (tertiary/aromatic N) is 7. The van der Waals surface area contributed by atoms with Crippen molar-refractivity contribution in [2.45, 2.75) is 0 Å². The van der Waals surface area contributed by atoms with Crippen LogP contribution in [0.25, 0.3) is 0 Å². The second-order valence-corrected chi connectivity index (χ2v) is 15.5. The van der Waals surface area contributed by atoms with Crippen molar-refractivity contribution in [1.29, 1.82) is 0 Å². The Morgan fingerprint density at radius 2 is 0.542 bits per heavy atom. The third-order valence-corrected chi connectivity index (χ3v) is 8.09. The number of benzene rings is 6. The Hall–Kier alpha value is -8.83. The van der Waals surface area contributed by atoms with Crippen LogP contribution < -0.4 is 46.9 Å². The molecule has 6 rings (SSSR count). The van der Waals surface area contributed by atoms with Crippen LogP contribution in [-0.4, -0.2) is 182 Å². The van der Waals surface area contributed by atoms with Gasteiger partial charge in [0.1, 0.15) is 0 Å². The second-order valence-electron chi connectivity index (χ2n) is 15.5. The molecule has 0 aliphatic rings. The van der Waals surface area contributed by atoms with Gasteiger partial charge in [-0.05, 0) is 53.1 Å². The molecule has 0 fully saturated rings. The zero-order valence-electron chi connectivity index (χ0n) is 47.4. The fourth-order valence-electron chi connectivity index (χ4n) is 4.35. The molecule has 0 atom stereocenters. The number of carbonyl (C=O) groups excluding carboxylic acids is 7. The van der Waals surface area contributed by atoms with Crippen LogP contribution in [0, 0.1) is 35.6 Å². The molecular weight excluding hydrogens is 1260 g/mol. The van der Waals surface area contributed by atoms with Gasteiger partial charge in [0.2, 0.25) is 25.6 Å². The van der Waals surface area contributed by atoms with E-state index in [1.165, 1.54) is 74.2 Å². The first-order valence-corrected chi connectivity index (χ1v) is 23.1. The quantitative estimate of drug-likeness (QED) is 0.0419. The second kappa shape index (κ2) is 52.5. The van der Waals surface area contributed by atoms with E-state index < -0.39 is 34.5 Å². The summed E-state index contributed by atoms with van der Waals surface area (Å²) in [6.07, 6.45) is 6.47. The minimum atomic E-state index is -0.639. The van der Waals surface area contributed by atoms with Gasteiger partial charge in [-0.2, -0.15) is 15.3 Å². The largest absolute Gasteiger partial charge is 3.00 e. The van der Waals surface area contributed by atoms with Crippen LogP contribution in [0.1, 0.15) is 47.8 Å². The molecule has 25 nitrogen and oxygen atoms in total. The van der Waals surface area contributed by atoms with E-state index in [1.54, 1.807) is 147 Å². The van der Waals surface area contributed by atoms with Gasteiger partial charge in [-0.15, -0.1) is 34.5 Å². The van der Waals surface area contributed by atoms with Gasteiger partial charge in [0, 0.05) is 87.3 Å². The standard InChI is InChI=1S/3C14H12N2O3.4C3H7NO.2CH4O.Ga.La/c3*17-12-8-4-7-11(13(12)18)9-15-16-14(19)10-5-2-1-3-6-10;4*1-4(2)3-5;2*1-2;;/h3*1-9,17-18H,(H,16,19);4*3H,1-2H3;2*2H,1H3;;/q;;;;;;;;;2*+3/p-6/b3*15-9+;;;;;;;;. The van der Waals surface area contributed by atoms with E-state index in [-0.39, 0.29) is 89.8 Å². The van der Waals surface area contributed by atoms with Crippen molar-refractivity contribution >= 4 is 81.8 Å². The SMILES string of the molecule is CN(C)C=O.CN(C)C=O.CN(C)C=O.CN(C)C=O.CO.CO.O=C(N/N=C/c1cccc([O-])c1[O-])c1ccccc1.O=C(N/N=C/c1cccc([O-])c1[O-])c1ccccc1.O=C(N/N=C/c1cccc([O-])c1[O-])c1ccccc1.[Ga+3].[La+3]. The number of para-hydroxylation sites is 3.